The topological polar surface area (TPSA) is 44.5 Å². The van der Waals surface area contributed by atoms with Gasteiger partial charge in [0, 0.05) is 17.2 Å². The van der Waals surface area contributed by atoms with Gasteiger partial charge in [-0.3, -0.25) is 0 Å². The maximum atomic E-state index is 5.98. The molecular weight excluding hydrogens is 554 g/mol. The van der Waals surface area contributed by atoms with Crippen molar-refractivity contribution in [3.63, 3.8) is 0 Å². The summed E-state index contributed by atoms with van der Waals surface area (Å²) in [5, 5.41) is 4.33. The van der Waals surface area contributed by atoms with Crippen LogP contribution in [0.25, 0.3) is 33.7 Å². The summed E-state index contributed by atoms with van der Waals surface area (Å²) in [6, 6.07) is 27.0. The molecule has 0 saturated heterocycles. The zero-order valence-corrected chi connectivity index (χ0v) is 27.9. The van der Waals surface area contributed by atoms with Gasteiger partial charge in [0.2, 0.25) is 0 Å². The molecule has 1 aromatic heterocycles. The van der Waals surface area contributed by atoms with Gasteiger partial charge in [-0.05, 0) is 60.4 Å². The molecule has 45 heavy (non-hydrogen) atoms. The largest absolute Gasteiger partial charge is 0.494 e. The van der Waals surface area contributed by atoms with Crippen LogP contribution in [0.15, 0.2) is 83.4 Å². The summed E-state index contributed by atoms with van der Waals surface area (Å²) in [5.41, 5.74) is 5.18. The number of rotatable bonds is 23. The molecule has 4 aromatic rings. The number of ether oxygens (including phenoxy) is 2. The van der Waals surface area contributed by atoms with Crippen LogP contribution in [0.3, 0.4) is 0 Å². The smallest absolute Gasteiger partial charge is 0.167 e. The van der Waals surface area contributed by atoms with Crippen LogP contribution < -0.4 is 9.47 Å². The van der Waals surface area contributed by atoms with Gasteiger partial charge < -0.3 is 14.0 Å². The molecule has 0 fully saturated rings. The fraction of sp³-hybridized carbons (Fsp3) is 0.488. The minimum absolute atomic E-state index is 0.760. The number of nitrogens with zero attached hydrogens (tertiary/aromatic N) is 1. The molecule has 0 aliphatic heterocycles. The molecule has 1 heterocycles. The second-order valence-electron chi connectivity index (χ2n) is 12.3. The van der Waals surface area contributed by atoms with Crippen molar-refractivity contribution in [1.29, 1.82) is 0 Å². The second kappa shape index (κ2) is 20.5. The molecule has 0 aliphatic rings. The van der Waals surface area contributed by atoms with Crippen LogP contribution >= 0.6 is 0 Å². The van der Waals surface area contributed by atoms with Crippen LogP contribution in [0.1, 0.15) is 117 Å². The van der Waals surface area contributed by atoms with E-state index >= 15 is 0 Å². The van der Waals surface area contributed by atoms with Crippen molar-refractivity contribution in [3.05, 3.63) is 78.9 Å². The standard InChI is InChI=1S/C41H55NO3/c1-3-5-7-9-11-13-15-17-31-43-38-27-23-35(24-28-38)34-19-21-37(22-20-34)41-33-40(42-45-41)36-25-29-39(30-26-36)44-32-18-16-14-12-10-8-6-4-2/h19-30,33H,3-18,31-32H2,1-2H3. The summed E-state index contributed by atoms with van der Waals surface area (Å²) in [5.74, 6) is 2.61. The molecule has 0 atom stereocenters. The Morgan fingerprint density at radius 3 is 1.29 bits per heavy atom. The number of hydrogen-bond donors (Lipinski definition) is 0. The number of aromatic nitrogens is 1. The molecule has 4 heteroatoms. The zero-order chi connectivity index (χ0) is 31.4. The van der Waals surface area contributed by atoms with Crippen molar-refractivity contribution in [1.82, 2.24) is 5.16 Å². The van der Waals surface area contributed by atoms with Crippen LogP contribution in [0.2, 0.25) is 0 Å². The first-order chi connectivity index (χ1) is 22.3. The molecule has 4 nitrogen and oxygen atoms in total. The molecule has 0 bridgehead atoms. The minimum Gasteiger partial charge on any atom is -0.494 e. The van der Waals surface area contributed by atoms with E-state index in [1.807, 2.05) is 18.2 Å². The molecule has 0 unspecified atom stereocenters. The van der Waals surface area contributed by atoms with Crippen molar-refractivity contribution in [3.8, 4) is 45.2 Å². The van der Waals surface area contributed by atoms with Crippen molar-refractivity contribution in [2.45, 2.75) is 117 Å². The van der Waals surface area contributed by atoms with E-state index in [1.54, 1.807) is 0 Å². The summed E-state index contributed by atoms with van der Waals surface area (Å²) in [6.45, 7) is 6.10. The summed E-state index contributed by atoms with van der Waals surface area (Å²) in [4.78, 5) is 0. The van der Waals surface area contributed by atoms with Crippen LogP contribution in [0, 0.1) is 0 Å². The first-order valence-corrected chi connectivity index (χ1v) is 17.8. The van der Waals surface area contributed by atoms with Crippen molar-refractivity contribution >= 4 is 0 Å². The quantitative estimate of drug-likeness (QED) is 0.0785. The zero-order valence-electron chi connectivity index (χ0n) is 27.9. The van der Waals surface area contributed by atoms with Gasteiger partial charge in [-0.25, -0.2) is 0 Å². The Morgan fingerprint density at radius 1 is 0.444 bits per heavy atom. The molecule has 3 aromatic carbocycles. The molecule has 0 aliphatic carbocycles. The van der Waals surface area contributed by atoms with Gasteiger partial charge in [-0.2, -0.15) is 0 Å². The average molecular weight is 610 g/mol. The minimum atomic E-state index is 0.760. The Balaban J connectivity index is 1.17. The van der Waals surface area contributed by atoms with Crippen LogP contribution in [0.4, 0.5) is 0 Å². The van der Waals surface area contributed by atoms with Gasteiger partial charge in [0.15, 0.2) is 5.76 Å². The number of unbranched alkanes of at least 4 members (excludes halogenated alkanes) is 14. The van der Waals surface area contributed by atoms with Gasteiger partial charge in [-0.1, -0.05) is 145 Å². The summed E-state index contributed by atoms with van der Waals surface area (Å²) in [6.07, 6.45) is 20.9. The lowest BCUT2D eigenvalue weighted by atomic mass is 10.0. The first kappa shape index (κ1) is 34.3. The monoisotopic (exact) mass is 609 g/mol. The third-order valence-corrected chi connectivity index (χ3v) is 8.55. The van der Waals surface area contributed by atoms with Crippen LogP contribution in [0.5, 0.6) is 11.5 Å². The van der Waals surface area contributed by atoms with E-state index in [0.717, 1.165) is 65.7 Å². The fourth-order valence-corrected chi connectivity index (χ4v) is 5.69. The molecule has 0 amide bonds. The highest BCUT2D eigenvalue weighted by Gasteiger charge is 2.10. The van der Waals surface area contributed by atoms with E-state index in [4.69, 9.17) is 14.0 Å². The number of hydrogen-bond acceptors (Lipinski definition) is 4. The lowest BCUT2D eigenvalue weighted by Crippen LogP contribution is -1.97. The van der Waals surface area contributed by atoms with Crippen molar-refractivity contribution in [2.24, 2.45) is 0 Å². The van der Waals surface area contributed by atoms with Gasteiger partial charge in [0.1, 0.15) is 17.2 Å². The normalized spacial score (nSPS) is 11.2. The van der Waals surface area contributed by atoms with Gasteiger partial charge in [-0.15, -0.1) is 0 Å². The molecule has 0 saturated carbocycles. The van der Waals surface area contributed by atoms with Crippen LogP contribution in [-0.4, -0.2) is 18.4 Å². The Bertz CT molecular complexity index is 1310. The van der Waals surface area contributed by atoms with Crippen LogP contribution in [-0.2, 0) is 0 Å². The third kappa shape index (κ3) is 12.4. The van der Waals surface area contributed by atoms with E-state index in [9.17, 15) is 0 Å². The first-order valence-electron chi connectivity index (χ1n) is 17.8. The summed E-state index contributed by atoms with van der Waals surface area (Å²) >= 11 is 0. The Labute approximate surface area is 272 Å². The Morgan fingerprint density at radius 2 is 0.822 bits per heavy atom. The average Bonchev–Trinajstić information content (AvgIpc) is 3.58. The summed E-state index contributed by atoms with van der Waals surface area (Å²) in [7, 11) is 0. The SMILES string of the molecule is CCCCCCCCCCOc1ccc(-c2ccc(-c3cc(-c4ccc(OCCCCCCCCCC)cc4)no3)cc2)cc1. The molecule has 4 rings (SSSR count). The highest BCUT2D eigenvalue weighted by Crippen LogP contribution is 2.30. The molecule has 0 radical (unpaired) electrons. The highest BCUT2D eigenvalue weighted by atomic mass is 16.5. The van der Waals surface area contributed by atoms with Crippen molar-refractivity contribution in [2.75, 3.05) is 13.2 Å². The predicted molar refractivity (Wildman–Crippen MR) is 189 cm³/mol. The second-order valence-corrected chi connectivity index (χ2v) is 12.3. The van der Waals surface area contributed by atoms with E-state index in [1.165, 1.54) is 95.5 Å². The Kier molecular flexibility index (Phi) is 15.6. The lowest BCUT2D eigenvalue weighted by Gasteiger charge is -2.08. The van der Waals surface area contributed by atoms with E-state index in [0.29, 0.717) is 0 Å². The van der Waals surface area contributed by atoms with Gasteiger partial charge in [0.05, 0.1) is 13.2 Å². The molecule has 0 N–H and O–H groups in total. The number of benzene rings is 3. The van der Waals surface area contributed by atoms with E-state index < -0.39 is 0 Å². The summed E-state index contributed by atoms with van der Waals surface area (Å²) < 4.78 is 17.7. The molecule has 242 valence electrons. The predicted octanol–water partition coefficient (Wildman–Crippen LogP) is 12.7. The Hall–Kier alpha value is -3.53. The maximum Gasteiger partial charge on any atom is 0.167 e. The van der Waals surface area contributed by atoms with Gasteiger partial charge in [0.25, 0.3) is 0 Å². The third-order valence-electron chi connectivity index (χ3n) is 8.55. The van der Waals surface area contributed by atoms with Gasteiger partial charge >= 0.3 is 0 Å². The maximum absolute atomic E-state index is 5.98. The lowest BCUT2D eigenvalue weighted by molar-refractivity contribution is 0.304. The highest BCUT2D eigenvalue weighted by molar-refractivity contribution is 5.71. The fourth-order valence-electron chi connectivity index (χ4n) is 5.69. The van der Waals surface area contributed by atoms with Crippen molar-refractivity contribution < 1.29 is 14.0 Å². The molecular formula is C41H55NO3. The van der Waals surface area contributed by atoms with E-state index in [-0.39, 0.29) is 0 Å². The molecule has 0 spiro atoms. The van der Waals surface area contributed by atoms with E-state index in [2.05, 4.69) is 79.7 Å².